The third-order valence-corrected chi connectivity index (χ3v) is 7.22. The van der Waals surface area contributed by atoms with Crippen molar-refractivity contribution in [1.29, 1.82) is 0 Å². The zero-order chi connectivity index (χ0) is 26.3. The predicted molar refractivity (Wildman–Crippen MR) is 142 cm³/mol. The van der Waals surface area contributed by atoms with Crippen molar-refractivity contribution in [2.75, 3.05) is 0 Å². The number of halogens is 3. The van der Waals surface area contributed by atoms with Gasteiger partial charge in [-0.25, -0.2) is 0 Å². The van der Waals surface area contributed by atoms with Crippen LogP contribution in [-0.2, 0) is 25.7 Å². The fourth-order valence-corrected chi connectivity index (χ4v) is 5.09. The van der Waals surface area contributed by atoms with E-state index >= 15 is 0 Å². The quantitative estimate of drug-likeness (QED) is 0.199. The van der Waals surface area contributed by atoms with Gasteiger partial charge in [0.1, 0.15) is 12.4 Å². The van der Waals surface area contributed by atoms with Crippen molar-refractivity contribution in [2.24, 2.45) is 5.92 Å². The Labute approximate surface area is 228 Å². The van der Waals surface area contributed by atoms with Crippen molar-refractivity contribution < 1.29 is 23.8 Å². The molecule has 37 heavy (non-hydrogen) atoms. The fourth-order valence-electron chi connectivity index (χ4n) is 4.52. The molecule has 1 aliphatic rings. The number of fused-ring (bicyclic) bond motifs is 1. The molecule has 4 aromatic rings. The summed E-state index contributed by atoms with van der Waals surface area (Å²) in [4.78, 5) is 29.5. The summed E-state index contributed by atoms with van der Waals surface area (Å²) in [5.74, 6) is -4.15. The molecule has 3 aromatic carbocycles. The lowest BCUT2D eigenvalue weighted by Gasteiger charge is -2.36. The van der Waals surface area contributed by atoms with E-state index in [2.05, 4.69) is 4.98 Å². The van der Waals surface area contributed by atoms with Crippen LogP contribution in [0.5, 0.6) is 5.75 Å². The Kier molecular flexibility index (Phi) is 6.84. The number of benzene rings is 3. The van der Waals surface area contributed by atoms with Crippen LogP contribution in [0.1, 0.15) is 36.5 Å². The molecule has 1 aliphatic heterocycles. The Morgan fingerprint density at radius 1 is 0.919 bits per heavy atom. The molecule has 0 spiro atoms. The van der Waals surface area contributed by atoms with E-state index in [1.165, 1.54) is 13.8 Å². The highest BCUT2D eigenvalue weighted by Gasteiger charge is 2.48. The van der Waals surface area contributed by atoms with E-state index in [0.29, 0.717) is 26.4 Å². The van der Waals surface area contributed by atoms with Crippen LogP contribution in [0.15, 0.2) is 66.9 Å². The van der Waals surface area contributed by atoms with Crippen molar-refractivity contribution >= 4 is 57.6 Å². The smallest absolute Gasteiger partial charge is 0.324 e. The topological polar surface area (TPSA) is 77.6 Å². The second-order valence-corrected chi connectivity index (χ2v) is 10.4. The second kappa shape index (κ2) is 9.93. The summed E-state index contributed by atoms with van der Waals surface area (Å²) in [6, 6.07) is 18.1. The molecule has 1 atom stereocenters. The molecule has 0 unspecified atom stereocenters. The van der Waals surface area contributed by atoms with Gasteiger partial charge in [0, 0.05) is 36.9 Å². The molecule has 6 nitrogen and oxygen atoms in total. The molecule has 9 heteroatoms. The lowest BCUT2D eigenvalue weighted by molar-refractivity contribution is -0.240. The van der Waals surface area contributed by atoms with E-state index in [1.807, 2.05) is 30.3 Å². The number of aromatic nitrogens is 1. The van der Waals surface area contributed by atoms with Gasteiger partial charge in [0.15, 0.2) is 5.92 Å². The fraction of sp³-hybridized carbons (Fsp3) is 0.214. The largest absolute Gasteiger partial charge is 0.487 e. The number of hydrogen-bond donors (Lipinski definition) is 1. The summed E-state index contributed by atoms with van der Waals surface area (Å²) >= 11 is 18.7. The van der Waals surface area contributed by atoms with E-state index in [1.54, 1.807) is 36.5 Å². The number of rotatable bonds is 6. The predicted octanol–water partition coefficient (Wildman–Crippen LogP) is 7.29. The molecule has 0 aliphatic carbocycles. The molecule has 1 saturated heterocycles. The monoisotopic (exact) mass is 557 g/mol. The molecule has 190 valence electrons. The highest BCUT2D eigenvalue weighted by Crippen LogP contribution is 2.42. The molecule has 1 N–H and O–H groups in total. The van der Waals surface area contributed by atoms with Crippen LogP contribution >= 0.6 is 34.8 Å². The number of hydrogen-bond acceptors (Lipinski definition) is 5. The van der Waals surface area contributed by atoms with Gasteiger partial charge in [-0.05, 0) is 47.0 Å². The lowest BCUT2D eigenvalue weighted by atomic mass is 9.80. The van der Waals surface area contributed by atoms with Crippen molar-refractivity contribution in [3.8, 4) is 5.75 Å². The van der Waals surface area contributed by atoms with Gasteiger partial charge in [0.25, 0.3) is 5.79 Å². The average molecular weight is 559 g/mol. The number of esters is 2. The summed E-state index contributed by atoms with van der Waals surface area (Å²) in [6.45, 7) is 3.27. The molecule has 0 amide bonds. The minimum Gasteiger partial charge on any atom is -0.487 e. The maximum Gasteiger partial charge on any atom is 0.324 e. The summed E-state index contributed by atoms with van der Waals surface area (Å²) in [7, 11) is 0. The van der Waals surface area contributed by atoms with Crippen LogP contribution in [0.25, 0.3) is 10.9 Å². The zero-order valence-corrected chi connectivity index (χ0v) is 22.2. The van der Waals surface area contributed by atoms with E-state index in [9.17, 15) is 9.59 Å². The van der Waals surface area contributed by atoms with E-state index < -0.39 is 29.6 Å². The Morgan fingerprint density at radius 3 is 2.35 bits per heavy atom. The summed E-state index contributed by atoms with van der Waals surface area (Å²) < 4.78 is 16.8. The molecule has 1 aromatic heterocycles. The van der Waals surface area contributed by atoms with Gasteiger partial charge in [-0.3, -0.25) is 9.59 Å². The molecule has 0 bridgehead atoms. The van der Waals surface area contributed by atoms with Crippen molar-refractivity contribution in [3.05, 3.63) is 98.6 Å². The maximum absolute atomic E-state index is 13.1. The minimum absolute atomic E-state index is 0.220. The first-order valence-electron chi connectivity index (χ1n) is 11.5. The van der Waals surface area contributed by atoms with Crippen LogP contribution in [-0.4, -0.2) is 22.7 Å². The third kappa shape index (κ3) is 5.14. The van der Waals surface area contributed by atoms with E-state index in [0.717, 1.165) is 22.0 Å². The van der Waals surface area contributed by atoms with Gasteiger partial charge in [0.2, 0.25) is 0 Å². The number of aromatic amines is 1. The van der Waals surface area contributed by atoms with Gasteiger partial charge >= 0.3 is 11.9 Å². The Balaban J connectivity index is 1.51. The second-order valence-electron chi connectivity index (χ2n) is 9.21. The first kappa shape index (κ1) is 25.5. The normalized spacial score (nSPS) is 16.4. The highest BCUT2D eigenvalue weighted by atomic mass is 35.5. The first-order valence-corrected chi connectivity index (χ1v) is 12.6. The van der Waals surface area contributed by atoms with Crippen LogP contribution < -0.4 is 4.74 Å². The number of carbonyl (C=O) groups is 2. The Morgan fingerprint density at radius 2 is 1.65 bits per heavy atom. The molecular formula is C28H22Cl3NO5. The van der Waals surface area contributed by atoms with Crippen LogP contribution in [0.2, 0.25) is 15.1 Å². The van der Waals surface area contributed by atoms with E-state index in [-0.39, 0.29) is 6.61 Å². The van der Waals surface area contributed by atoms with Gasteiger partial charge in [0.05, 0.1) is 15.1 Å². The summed E-state index contributed by atoms with van der Waals surface area (Å²) in [6.07, 6.45) is 1.79. The number of ether oxygens (including phenoxy) is 3. The number of nitrogens with one attached hydrogen (secondary N) is 1. The summed E-state index contributed by atoms with van der Waals surface area (Å²) in [5, 5.41) is 2.08. The third-order valence-electron chi connectivity index (χ3n) is 6.18. The van der Waals surface area contributed by atoms with Gasteiger partial charge < -0.3 is 19.2 Å². The molecule has 1 fully saturated rings. The number of H-pyrrole nitrogens is 1. The maximum atomic E-state index is 13.1. The van der Waals surface area contributed by atoms with E-state index in [4.69, 9.17) is 49.0 Å². The van der Waals surface area contributed by atoms with Gasteiger partial charge in [-0.2, -0.15) is 0 Å². The highest BCUT2D eigenvalue weighted by molar-refractivity contribution is 6.42. The Bertz CT molecular complexity index is 1490. The molecule has 0 saturated carbocycles. The van der Waals surface area contributed by atoms with Gasteiger partial charge in [-0.15, -0.1) is 0 Å². The minimum atomic E-state index is -1.34. The lowest BCUT2D eigenvalue weighted by Crippen LogP contribution is -2.48. The van der Waals surface area contributed by atoms with Crippen LogP contribution in [0.3, 0.4) is 0 Å². The molecular weight excluding hydrogens is 537 g/mol. The average Bonchev–Trinajstić information content (AvgIpc) is 3.26. The van der Waals surface area contributed by atoms with Gasteiger partial charge in [-0.1, -0.05) is 65.1 Å². The zero-order valence-electron chi connectivity index (χ0n) is 19.9. The molecule has 2 heterocycles. The first-order chi connectivity index (χ1) is 17.6. The molecule has 5 rings (SSSR count). The number of cyclic esters (lactones) is 2. The molecule has 0 radical (unpaired) electrons. The van der Waals surface area contributed by atoms with Crippen LogP contribution in [0.4, 0.5) is 0 Å². The van der Waals surface area contributed by atoms with Crippen molar-refractivity contribution in [1.82, 2.24) is 4.98 Å². The number of para-hydroxylation sites is 1. The van der Waals surface area contributed by atoms with Crippen molar-refractivity contribution in [2.45, 2.75) is 32.2 Å². The van der Waals surface area contributed by atoms with Crippen molar-refractivity contribution in [3.63, 3.8) is 0 Å². The summed E-state index contributed by atoms with van der Waals surface area (Å²) in [5.41, 5.74) is 3.07. The Hall–Kier alpha value is -3.19. The standard InChI is InChI=1S/C28H22Cl3NO5/c1-28(2)36-26(33)25(27(34)37-28)24(18-13-32-22-6-4-3-5-17(18)22)16-8-10-23(21(31)12-16)35-14-15-7-9-19(29)20(30)11-15/h3-13,24-25,32H,14H2,1-2H3/t24-/m0/s1. The SMILES string of the molecule is CC1(C)OC(=O)C([C@@H](c2ccc(OCc3ccc(Cl)c(Cl)c3)c(Cl)c2)c2c[nH]c3ccccc23)C(=O)O1. The number of carbonyl (C=O) groups excluding carboxylic acids is 2. The van der Waals surface area contributed by atoms with Crippen LogP contribution in [0, 0.1) is 5.92 Å².